The number of nitrogens with one attached hydrogen (secondary N) is 1. The topological polar surface area (TPSA) is 33.6 Å². The number of H-pyrrole nitrogens is 1. The van der Waals surface area contributed by atoms with Gasteiger partial charge in [0.05, 0.1) is 11.2 Å². The number of fused-ring (bicyclic) bond motifs is 5. The average molecular weight is 436 g/mol. The van der Waals surface area contributed by atoms with Gasteiger partial charge in [0.15, 0.2) is 0 Å². The molecule has 0 bridgehead atoms. The van der Waals surface area contributed by atoms with Crippen LogP contribution in [0.2, 0.25) is 0 Å². The van der Waals surface area contributed by atoms with Crippen LogP contribution in [0.15, 0.2) is 121 Å². The largest absolute Gasteiger partial charge is 0.354 e. The molecule has 3 heteroatoms. The van der Waals surface area contributed by atoms with Gasteiger partial charge >= 0.3 is 0 Å². The molecule has 0 unspecified atom stereocenters. The molecule has 3 aromatic heterocycles. The fraction of sp³-hybridized carbons (Fsp3) is 0. The number of para-hydroxylation sites is 1. The molecule has 0 saturated carbocycles. The summed E-state index contributed by atoms with van der Waals surface area (Å²) in [5, 5.41) is 3.73. The molecule has 0 radical (unpaired) electrons. The van der Waals surface area contributed by atoms with Gasteiger partial charge in [-0.15, -0.1) is 0 Å². The lowest BCUT2D eigenvalue weighted by Gasteiger charge is -2.12. The van der Waals surface area contributed by atoms with Crippen molar-refractivity contribution in [2.75, 3.05) is 0 Å². The van der Waals surface area contributed by atoms with Gasteiger partial charge in [0, 0.05) is 39.0 Å². The van der Waals surface area contributed by atoms with E-state index < -0.39 is 0 Å². The van der Waals surface area contributed by atoms with Crippen LogP contribution in [0.1, 0.15) is 0 Å². The van der Waals surface area contributed by atoms with E-state index in [9.17, 15) is 0 Å². The van der Waals surface area contributed by atoms with E-state index in [0.717, 1.165) is 39.2 Å². The molecule has 1 N–H and O–H groups in total. The Bertz CT molecular complexity index is 1730. The van der Waals surface area contributed by atoms with E-state index >= 15 is 0 Å². The minimum atomic E-state index is 0.911. The number of rotatable bonds is 3. The lowest BCUT2D eigenvalue weighted by atomic mass is 10.0. The Balaban J connectivity index is 1.49. The zero-order valence-electron chi connectivity index (χ0n) is 18.4. The predicted molar refractivity (Wildman–Crippen MR) is 141 cm³/mol. The molecule has 0 saturated heterocycles. The first kappa shape index (κ1) is 18.9. The molecule has 7 aromatic rings. The Morgan fingerprint density at radius 3 is 2.12 bits per heavy atom. The minimum Gasteiger partial charge on any atom is -0.354 e. The highest BCUT2D eigenvalue weighted by molar-refractivity contribution is 6.19. The molecule has 0 spiro atoms. The first-order valence-electron chi connectivity index (χ1n) is 11.5. The molecule has 3 heterocycles. The summed E-state index contributed by atoms with van der Waals surface area (Å²) in [6.45, 7) is 0. The third kappa shape index (κ3) is 2.95. The van der Waals surface area contributed by atoms with Gasteiger partial charge in [-0.3, -0.25) is 0 Å². The van der Waals surface area contributed by atoms with E-state index in [1.165, 1.54) is 21.7 Å². The van der Waals surface area contributed by atoms with Crippen molar-refractivity contribution >= 4 is 32.7 Å². The summed E-state index contributed by atoms with van der Waals surface area (Å²) < 4.78 is 2.20. The van der Waals surface area contributed by atoms with Gasteiger partial charge in [-0.25, -0.2) is 4.98 Å². The van der Waals surface area contributed by atoms with Crippen LogP contribution in [0.4, 0.5) is 0 Å². The van der Waals surface area contributed by atoms with E-state index in [4.69, 9.17) is 4.98 Å². The molecule has 0 aliphatic heterocycles. The molecule has 0 aliphatic rings. The van der Waals surface area contributed by atoms with Crippen molar-refractivity contribution in [3.8, 4) is 28.2 Å². The first-order valence-corrected chi connectivity index (χ1v) is 11.5. The summed E-state index contributed by atoms with van der Waals surface area (Å²) in [7, 11) is 0. The van der Waals surface area contributed by atoms with Gasteiger partial charge < -0.3 is 9.55 Å². The third-order valence-corrected chi connectivity index (χ3v) is 6.57. The lowest BCUT2D eigenvalue weighted by Crippen LogP contribution is -1.98. The zero-order chi connectivity index (χ0) is 22.5. The number of aromatic amines is 1. The Kier molecular flexibility index (Phi) is 4.15. The van der Waals surface area contributed by atoms with Crippen LogP contribution >= 0.6 is 0 Å². The average Bonchev–Trinajstić information content (AvgIpc) is 3.51. The Labute approximate surface area is 196 Å². The molecule has 34 heavy (non-hydrogen) atoms. The van der Waals surface area contributed by atoms with Crippen LogP contribution in [0.3, 0.4) is 0 Å². The summed E-state index contributed by atoms with van der Waals surface area (Å²) in [6.07, 6.45) is 2.14. The monoisotopic (exact) mass is 435 g/mol. The standard InChI is InChI=1S/C31H21N3/c1-3-9-21(10-4-1)23-19-28(22-11-5-2-6-12-22)33-30(20-23)34-18-17-25-29(34)16-15-27-31(25)24-13-7-8-14-26(24)32-27/h1-20,32H. The van der Waals surface area contributed by atoms with Gasteiger partial charge in [0.1, 0.15) is 5.82 Å². The van der Waals surface area contributed by atoms with Crippen molar-refractivity contribution in [3.63, 3.8) is 0 Å². The third-order valence-electron chi connectivity index (χ3n) is 6.57. The van der Waals surface area contributed by atoms with Crippen molar-refractivity contribution in [1.82, 2.24) is 14.5 Å². The van der Waals surface area contributed by atoms with Gasteiger partial charge in [0.25, 0.3) is 0 Å². The van der Waals surface area contributed by atoms with E-state index in [0.29, 0.717) is 0 Å². The van der Waals surface area contributed by atoms with Crippen molar-refractivity contribution in [3.05, 3.63) is 121 Å². The molecule has 0 aliphatic carbocycles. The van der Waals surface area contributed by atoms with Crippen LogP contribution in [-0.2, 0) is 0 Å². The highest BCUT2D eigenvalue weighted by Crippen LogP contribution is 2.35. The number of hydrogen-bond donors (Lipinski definition) is 1. The summed E-state index contributed by atoms with van der Waals surface area (Å²) in [4.78, 5) is 8.66. The van der Waals surface area contributed by atoms with Gasteiger partial charge in [0.2, 0.25) is 0 Å². The van der Waals surface area contributed by atoms with E-state index in [1.54, 1.807) is 0 Å². The lowest BCUT2D eigenvalue weighted by molar-refractivity contribution is 1.05. The molecule has 4 aromatic carbocycles. The van der Waals surface area contributed by atoms with E-state index in [1.807, 2.05) is 6.07 Å². The van der Waals surface area contributed by atoms with Crippen molar-refractivity contribution in [1.29, 1.82) is 0 Å². The van der Waals surface area contributed by atoms with E-state index in [-0.39, 0.29) is 0 Å². The minimum absolute atomic E-state index is 0.911. The number of benzene rings is 4. The smallest absolute Gasteiger partial charge is 0.138 e. The Hall–Kier alpha value is -4.63. The molecule has 0 atom stereocenters. The van der Waals surface area contributed by atoms with Crippen LogP contribution in [0, 0.1) is 0 Å². The van der Waals surface area contributed by atoms with Gasteiger partial charge in [-0.2, -0.15) is 0 Å². The van der Waals surface area contributed by atoms with Crippen LogP contribution in [0.5, 0.6) is 0 Å². The number of aromatic nitrogens is 3. The predicted octanol–water partition coefficient (Wildman–Crippen LogP) is 7.99. The second-order valence-corrected chi connectivity index (χ2v) is 8.61. The maximum absolute atomic E-state index is 5.11. The fourth-order valence-electron chi connectivity index (χ4n) is 4.96. The molecule has 7 rings (SSSR count). The van der Waals surface area contributed by atoms with Crippen molar-refractivity contribution in [2.45, 2.75) is 0 Å². The number of hydrogen-bond acceptors (Lipinski definition) is 1. The number of nitrogens with zero attached hydrogens (tertiary/aromatic N) is 2. The van der Waals surface area contributed by atoms with Crippen LogP contribution < -0.4 is 0 Å². The first-order chi connectivity index (χ1) is 16.8. The maximum Gasteiger partial charge on any atom is 0.138 e. The van der Waals surface area contributed by atoms with E-state index in [2.05, 4.69) is 125 Å². The van der Waals surface area contributed by atoms with Crippen molar-refractivity contribution < 1.29 is 0 Å². The molecule has 0 amide bonds. The SMILES string of the molecule is c1ccc(-c2cc(-c3ccccc3)nc(-n3ccc4c5c(ccc43)[nH]c3ccccc35)c2)cc1. The molecule has 0 fully saturated rings. The van der Waals surface area contributed by atoms with Crippen molar-refractivity contribution in [2.24, 2.45) is 0 Å². The van der Waals surface area contributed by atoms with Gasteiger partial charge in [-0.05, 0) is 47.5 Å². The Morgan fingerprint density at radius 1 is 0.559 bits per heavy atom. The normalized spacial score (nSPS) is 11.5. The highest BCUT2D eigenvalue weighted by Gasteiger charge is 2.14. The summed E-state index contributed by atoms with van der Waals surface area (Å²) in [6, 6.07) is 40.3. The fourth-order valence-corrected chi connectivity index (χ4v) is 4.96. The second kappa shape index (κ2) is 7.46. The van der Waals surface area contributed by atoms with Gasteiger partial charge in [-0.1, -0.05) is 78.9 Å². The molecular weight excluding hydrogens is 414 g/mol. The zero-order valence-corrected chi connectivity index (χ0v) is 18.4. The molecule has 3 nitrogen and oxygen atoms in total. The Morgan fingerprint density at radius 2 is 1.29 bits per heavy atom. The number of pyridine rings is 1. The second-order valence-electron chi connectivity index (χ2n) is 8.61. The van der Waals surface area contributed by atoms with Crippen LogP contribution in [0.25, 0.3) is 60.9 Å². The molecule has 160 valence electrons. The maximum atomic E-state index is 5.11. The summed E-state index contributed by atoms with van der Waals surface area (Å²) in [5.41, 5.74) is 7.87. The highest BCUT2D eigenvalue weighted by atomic mass is 15.1. The quantitative estimate of drug-likeness (QED) is 0.300. The van der Waals surface area contributed by atoms with Crippen LogP contribution in [-0.4, -0.2) is 14.5 Å². The summed E-state index contributed by atoms with van der Waals surface area (Å²) >= 11 is 0. The summed E-state index contributed by atoms with van der Waals surface area (Å²) in [5.74, 6) is 0.911. The molecular formula is C31H21N3.